The molecule has 0 atom stereocenters. The number of methoxy groups -OCH3 is 2. The molecule has 0 N–H and O–H groups in total. The number of fused-ring (bicyclic) bond motifs is 1. The quantitative estimate of drug-likeness (QED) is 0.650. The predicted octanol–water partition coefficient (Wildman–Crippen LogP) is 3.26. The van der Waals surface area contributed by atoms with E-state index in [2.05, 4.69) is 0 Å². The SMILES string of the molecule is COc1cc2c(cc1OC)CN(C(=O)c1cc(N3C(=O)C(C)(C)CS3(=O)=O)ccc1Cl)CC2. The molecule has 10 heteroatoms. The molecule has 0 spiro atoms. The molecule has 2 heterocycles. The fraction of sp³-hybridized carbons (Fsp3) is 0.391. The number of anilines is 1. The minimum absolute atomic E-state index is 0.113. The average Bonchev–Trinajstić information content (AvgIpc) is 2.94. The Kier molecular flexibility index (Phi) is 5.82. The number of carbonyl (C=O) groups is 2. The fourth-order valence-electron chi connectivity index (χ4n) is 4.29. The van der Waals surface area contributed by atoms with E-state index in [4.69, 9.17) is 21.1 Å². The van der Waals surface area contributed by atoms with Crippen LogP contribution in [-0.4, -0.2) is 51.6 Å². The van der Waals surface area contributed by atoms with Crippen LogP contribution >= 0.6 is 11.6 Å². The van der Waals surface area contributed by atoms with E-state index in [-0.39, 0.29) is 27.9 Å². The van der Waals surface area contributed by atoms with Gasteiger partial charge in [-0.05, 0) is 61.7 Å². The van der Waals surface area contributed by atoms with E-state index < -0.39 is 21.3 Å². The van der Waals surface area contributed by atoms with Gasteiger partial charge in [0.25, 0.3) is 5.91 Å². The van der Waals surface area contributed by atoms with Gasteiger partial charge in [0.15, 0.2) is 11.5 Å². The Bertz CT molecular complexity index is 1260. The first-order valence-electron chi connectivity index (χ1n) is 10.4. The number of hydrogen-bond acceptors (Lipinski definition) is 6. The largest absolute Gasteiger partial charge is 0.493 e. The van der Waals surface area contributed by atoms with E-state index in [9.17, 15) is 18.0 Å². The molecule has 1 fully saturated rings. The molecule has 2 aliphatic rings. The highest BCUT2D eigenvalue weighted by atomic mass is 35.5. The third kappa shape index (κ3) is 4.04. The highest BCUT2D eigenvalue weighted by molar-refractivity contribution is 7.94. The third-order valence-electron chi connectivity index (χ3n) is 6.00. The number of rotatable bonds is 4. The molecular weight excluding hydrogens is 468 g/mol. The Labute approximate surface area is 198 Å². The van der Waals surface area contributed by atoms with Crippen molar-refractivity contribution in [3.8, 4) is 11.5 Å². The molecule has 8 nitrogen and oxygen atoms in total. The van der Waals surface area contributed by atoms with Crippen LogP contribution < -0.4 is 13.8 Å². The summed E-state index contributed by atoms with van der Waals surface area (Å²) < 4.78 is 36.8. The van der Waals surface area contributed by atoms with Crippen molar-refractivity contribution in [3.05, 3.63) is 52.0 Å². The minimum atomic E-state index is -3.84. The summed E-state index contributed by atoms with van der Waals surface area (Å²) in [7, 11) is -0.716. The molecular formula is C23H25ClN2O6S. The second-order valence-corrected chi connectivity index (χ2v) is 11.1. The van der Waals surface area contributed by atoms with E-state index in [1.807, 2.05) is 12.1 Å². The van der Waals surface area contributed by atoms with Crippen molar-refractivity contribution in [1.82, 2.24) is 4.90 Å². The average molecular weight is 493 g/mol. The summed E-state index contributed by atoms with van der Waals surface area (Å²) in [6, 6.07) is 8.03. The Hall–Kier alpha value is -2.78. The van der Waals surface area contributed by atoms with Crippen LogP contribution in [0.4, 0.5) is 5.69 Å². The van der Waals surface area contributed by atoms with Gasteiger partial charge in [0.05, 0.1) is 41.7 Å². The predicted molar refractivity (Wildman–Crippen MR) is 124 cm³/mol. The highest BCUT2D eigenvalue weighted by Gasteiger charge is 2.50. The zero-order valence-electron chi connectivity index (χ0n) is 18.8. The summed E-state index contributed by atoms with van der Waals surface area (Å²) in [4.78, 5) is 27.8. The summed E-state index contributed by atoms with van der Waals surface area (Å²) in [5, 5.41) is 0.185. The van der Waals surface area contributed by atoms with E-state index in [0.29, 0.717) is 31.0 Å². The summed E-state index contributed by atoms with van der Waals surface area (Å²) in [6.07, 6.45) is 0.617. The third-order valence-corrected chi connectivity index (χ3v) is 8.35. The van der Waals surface area contributed by atoms with Crippen LogP contribution in [0, 0.1) is 5.41 Å². The molecule has 0 aromatic heterocycles. The van der Waals surface area contributed by atoms with Gasteiger partial charge in [0.2, 0.25) is 15.9 Å². The van der Waals surface area contributed by atoms with Gasteiger partial charge in [-0.15, -0.1) is 0 Å². The second kappa shape index (κ2) is 8.22. The zero-order chi connectivity index (χ0) is 24.1. The molecule has 176 valence electrons. The summed E-state index contributed by atoms with van der Waals surface area (Å²) >= 11 is 6.33. The molecule has 4 rings (SSSR count). The lowest BCUT2D eigenvalue weighted by molar-refractivity contribution is -0.123. The van der Waals surface area contributed by atoms with Crippen LogP contribution in [0.1, 0.15) is 35.3 Å². The lowest BCUT2D eigenvalue weighted by Gasteiger charge is -2.30. The van der Waals surface area contributed by atoms with Crippen LogP contribution in [0.25, 0.3) is 0 Å². The highest BCUT2D eigenvalue weighted by Crippen LogP contribution is 2.38. The normalized spacial score (nSPS) is 18.8. The van der Waals surface area contributed by atoms with E-state index in [0.717, 1.165) is 15.4 Å². The molecule has 33 heavy (non-hydrogen) atoms. The molecule has 0 saturated carbocycles. The van der Waals surface area contributed by atoms with E-state index in [1.54, 1.807) is 33.0 Å². The first-order valence-corrected chi connectivity index (χ1v) is 12.4. The smallest absolute Gasteiger partial charge is 0.255 e. The first kappa shape index (κ1) is 23.4. The Morgan fingerprint density at radius 2 is 1.70 bits per heavy atom. The molecule has 0 unspecified atom stereocenters. The number of sulfonamides is 1. The Morgan fingerprint density at radius 1 is 1.06 bits per heavy atom. The van der Waals surface area contributed by atoms with Crippen molar-refractivity contribution < 1.29 is 27.5 Å². The number of benzene rings is 2. The summed E-state index contributed by atoms with van der Waals surface area (Å²) in [6.45, 7) is 3.96. The maximum atomic E-state index is 13.4. The lowest BCUT2D eigenvalue weighted by atomic mass is 9.95. The van der Waals surface area contributed by atoms with Crippen molar-refractivity contribution in [2.75, 3.05) is 30.8 Å². The van der Waals surface area contributed by atoms with Crippen LogP contribution in [0.2, 0.25) is 5.02 Å². The molecule has 2 amide bonds. The topological polar surface area (TPSA) is 93.2 Å². The number of halogens is 1. The zero-order valence-corrected chi connectivity index (χ0v) is 20.4. The number of nitrogens with zero attached hydrogens (tertiary/aromatic N) is 2. The maximum absolute atomic E-state index is 13.4. The van der Waals surface area contributed by atoms with Gasteiger partial charge in [-0.1, -0.05) is 11.6 Å². The monoisotopic (exact) mass is 492 g/mol. The van der Waals surface area contributed by atoms with Gasteiger partial charge in [-0.25, -0.2) is 12.7 Å². The van der Waals surface area contributed by atoms with Crippen molar-refractivity contribution >= 4 is 39.1 Å². The molecule has 0 bridgehead atoms. The molecule has 2 aromatic carbocycles. The van der Waals surface area contributed by atoms with Crippen molar-refractivity contribution in [2.45, 2.75) is 26.8 Å². The van der Waals surface area contributed by atoms with Gasteiger partial charge >= 0.3 is 0 Å². The van der Waals surface area contributed by atoms with Gasteiger partial charge < -0.3 is 14.4 Å². The number of ether oxygens (including phenoxy) is 2. The van der Waals surface area contributed by atoms with E-state index in [1.165, 1.54) is 18.2 Å². The van der Waals surface area contributed by atoms with Crippen LogP contribution in [0.15, 0.2) is 30.3 Å². The van der Waals surface area contributed by atoms with Crippen molar-refractivity contribution in [2.24, 2.45) is 5.41 Å². The molecule has 2 aromatic rings. The first-order chi connectivity index (χ1) is 15.5. The molecule has 1 saturated heterocycles. The fourth-order valence-corrected chi connectivity index (χ4v) is 6.59. The van der Waals surface area contributed by atoms with E-state index >= 15 is 0 Å². The van der Waals surface area contributed by atoms with Crippen LogP contribution in [0.3, 0.4) is 0 Å². The molecule has 0 radical (unpaired) electrons. The van der Waals surface area contributed by atoms with Gasteiger partial charge in [-0.2, -0.15) is 0 Å². The van der Waals surface area contributed by atoms with Gasteiger partial charge in [0.1, 0.15) is 0 Å². The van der Waals surface area contributed by atoms with Crippen LogP contribution in [0.5, 0.6) is 11.5 Å². The van der Waals surface area contributed by atoms with Crippen LogP contribution in [-0.2, 0) is 27.8 Å². The number of hydrogen-bond donors (Lipinski definition) is 0. The standard InChI is InChI=1S/C23H25ClN2O6S/c1-23(2)13-33(29,30)26(22(23)28)16-5-6-18(24)17(11-16)21(27)25-8-7-14-9-19(31-3)20(32-4)10-15(14)12-25/h5-6,9-11H,7-8,12-13H2,1-4H3. The van der Waals surface area contributed by atoms with Crippen molar-refractivity contribution in [3.63, 3.8) is 0 Å². The number of amides is 2. The molecule has 0 aliphatic carbocycles. The number of carbonyl (C=O) groups excluding carboxylic acids is 2. The maximum Gasteiger partial charge on any atom is 0.255 e. The summed E-state index contributed by atoms with van der Waals surface area (Å²) in [5.74, 6) is 0.0396. The minimum Gasteiger partial charge on any atom is -0.493 e. The van der Waals surface area contributed by atoms with Gasteiger partial charge in [-0.3, -0.25) is 9.59 Å². The molecule has 2 aliphatic heterocycles. The summed E-state index contributed by atoms with van der Waals surface area (Å²) in [5.41, 5.74) is 1.21. The second-order valence-electron chi connectivity index (χ2n) is 8.83. The lowest BCUT2D eigenvalue weighted by Crippen LogP contribution is -2.36. The Morgan fingerprint density at radius 3 is 2.27 bits per heavy atom. The van der Waals surface area contributed by atoms with Gasteiger partial charge in [0, 0.05) is 13.1 Å². The Balaban J connectivity index is 1.66. The van der Waals surface area contributed by atoms with Crippen molar-refractivity contribution in [1.29, 1.82) is 0 Å².